The molecule has 2 N–H and O–H groups in total. The van der Waals surface area contributed by atoms with Crippen molar-refractivity contribution in [3.05, 3.63) is 30.1 Å². The number of anilines is 1. The molecule has 0 aliphatic heterocycles. The summed E-state index contributed by atoms with van der Waals surface area (Å²) in [5.41, 5.74) is 6.61. The summed E-state index contributed by atoms with van der Waals surface area (Å²) in [6, 6.07) is 7.65. The van der Waals surface area contributed by atoms with E-state index in [1.54, 1.807) is 0 Å². The van der Waals surface area contributed by atoms with Crippen molar-refractivity contribution in [2.45, 2.75) is 26.7 Å². The van der Waals surface area contributed by atoms with E-state index in [1.807, 2.05) is 45.0 Å². The third-order valence-electron chi connectivity index (χ3n) is 2.59. The zero-order chi connectivity index (χ0) is 13.8. The monoisotopic (exact) mass is 258 g/mol. The van der Waals surface area contributed by atoms with Crippen molar-refractivity contribution in [2.75, 3.05) is 12.3 Å². The first-order chi connectivity index (χ1) is 9.10. The lowest BCUT2D eigenvalue weighted by atomic mass is 10.2. The minimum Gasteiger partial charge on any atom is -0.494 e. The van der Waals surface area contributed by atoms with Gasteiger partial charge < -0.3 is 10.5 Å². The van der Waals surface area contributed by atoms with Crippen LogP contribution in [-0.2, 0) is 0 Å². The summed E-state index contributed by atoms with van der Waals surface area (Å²) < 4.78 is 5.47. The van der Waals surface area contributed by atoms with Gasteiger partial charge >= 0.3 is 0 Å². The zero-order valence-corrected chi connectivity index (χ0v) is 11.4. The summed E-state index contributed by atoms with van der Waals surface area (Å²) >= 11 is 0. The van der Waals surface area contributed by atoms with Gasteiger partial charge in [0, 0.05) is 11.5 Å². The third-order valence-corrected chi connectivity index (χ3v) is 2.59. The zero-order valence-electron chi connectivity index (χ0n) is 11.4. The van der Waals surface area contributed by atoms with E-state index in [-0.39, 0.29) is 11.9 Å². The van der Waals surface area contributed by atoms with Gasteiger partial charge in [0.05, 0.1) is 6.61 Å². The molecule has 0 saturated heterocycles. The van der Waals surface area contributed by atoms with Crippen LogP contribution in [0.15, 0.2) is 24.3 Å². The van der Waals surface area contributed by atoms with Gasteiger partial charge in [-0.3, -0.25) is 0 Å². The Morgan fingerprint density at radius 1 is 1.21 bits per heavy atom. The Morgan fingerprint density at radius 2 is 2.00 bits per heavy atom. The third kappa shape index (κ3) is 3.19. The minimum atomic E-state index is 0.208. The lowest BCUT2D eigenvalue weighted by Crippen LogP contribution is -2.06. The van der Waals surface area contributed by atoms with Crippen LogP contribution in [0.1, 0.15) is 32.5 Å². The van der Waals surface area contributed by atoms with Gasteiger partial charge in [0.15, 0.2) is 5.82 Å². The Bertz CT molecular complexity index is 569. The molecule has 0 amide bonds. The highest BCUT2D eigenvalue weighted by Gasteiger charge is 2.10. The van der Waals surface area contributed by atoms with Crippen LogP contribution >= 0.6 is 0 Å². The predicted molar refractivity (Wildman–Crippen MR) is 74.9 cm³/mol. The van der Waals surface area contributed by atoms with Crippen molar-refractivity contribution >= 4 is 5.95 Å². The number of rotatable bonds is 4. The van der Waals surface area contributed by atoms with Crippen molar-refractivity contribution < 1.29 is 4.74 Å². The SMILES string of the molecule is CCOc1cccc(-c2nc(N)nc(C(C)C)n2)c1. The summed E-state index contributed by atoms with van der Waals surface area (Å²) in [7, 11) is 0. The topological polar surface area (TPSA) is 73.9 Å². The number of nitrogens with zero attached hydrogens (tertiary/aromatic N) is 3. The van der Waals surface area contributed by atoms with Gasteiger partial charge in [-0.2, -0.15) is 9.97 Å². The molecule has 0 aliphatic carbocycles. The fourth-order valence-corrected chi connectivity index (χ4v) is 1.69. The first-order valence-corrected chi connectivity index (χ1v) is 6.34. The number of nitrogens with two attached hydrogens (primary N) is 1. The van der Waals surface area contributed by atoms with Gasteiger partial charge in [-0.25, -0.2) is 4.98 Å². The van der Waals surface area contributed by atoms with E-state index in [0.29, 0.717) is 18.3 Å². The molecule has 1 aromatic heterocycles. The van der Waals surface area contributed by atoms with Crippen LogP contribution in [0.2, 0.25) is 0 Å². The molecule has 2 aromatic rings. The Morgan fingerprint density at radius 3 is 2.68 bits per heavy atom. The van der Waals surface area contributed by atoms with Gasteiger partial charge in [0.2, 0.25) is 5.95 Å². The van der Waals surface area contributed by atoms with E-state index in [1.165, 1.54) is 0 Å². The van der Waals surface area contributed by atoms with Crippen molar-refractivity contribution in [3.63, 3.8) is 0 Å². The quantitative estimate of drug-likeness (QED) is 0.912. The van der Waals surface area contributed by atoms with Crippen LogP contribution in [0.4, 0.5) is 5.95 Å². The molecule has 0 radical (unpaired) electrons. The smallest absolute Gasteiger partial charge is 0.223 e. The molecular formula is C14H18N4O. The largest absolute Gasteiger partial charge is 0.494 e. The normalized spacial score (nSPS) is 10.7. The highest BCUT2D eigenvalue weighted by molar-refractivity contribution is 5.58. The molecule has 1 heterocycles. The molecule has 0 saturated carbocycles. The second kappa shape index (κ2) is 5.65. The maximum atomic E-state index is 5.74. The van der Waals surface area contributed by atoms with Crippen LogP contribution in [0.3, 0.4) is 0 Å². The van der Waals surface area contributed by atoms with Crippen molar-refractivity contribution in [1.29, 1.82) is 0 Å². The van der Waals surface area contributed by atoms with Crippen molar-refractivity contribution in [2.24, 2.45) is 0 Å². The second-order valence-electron chi connectivity index (χ2n) is 4.49. The molecule has 2 rings (SSSR count). The fraction of sp³-hybridized carbons (Fsp3) is 0.357. The Kier molecular flexibility index (Phi) is 3.94. The highest BCUT2D eigenvalue weighted by Crippen LogP contribution is 2.22. The molecule has 1 aromatic carbocycles. The summed E-state index contributed by atoms with van der Waals surface area (Å²) in [6.07, 6.45) is 0. The van der Waals surface area contributed by atoms with E-state index in [0.717, 1.165) is 11.3 Å². The summed E-state index contributed by atoms with van der Waals surface area (Å²) in [6.45, 7) is 6.62. The molecule has 19 heavy (non-hydrogen) atoms. The molecule has 0 bridgehead atoms. The molecular weight excluding hydrogens is 240 g/mol. The van der Waals surface area contributed by atoms with Crippen LogP contribution in [0, 0.1) is 0 Å². The number of hydrogen-bond donors (Lipinski definition) is 1. The molecule has 0 spiro atoms. The number of aromatic nitrogens is 3. The van der Waals surface area contributed by atoms with Crippen LogP contribution in [-0.4, -0.2) is 21.6 Å². The second-order valence-corrected chi connectivity index (χ2v) is 4.49. The maximum absolute atomic E-state index is 5.74. The predicted octanol–water partition coefficient (Wildman–Crippen LogP) is 2.64. The molecule has 5 nitrogen and oxygen atoms in total. The molecule has 5 heteroatoms. The number of ether oxygens (including phenoxy) is 1. The van der Waals surface area contributed by atoms with E-state index < -0.39 is 0 Å². The lowest BCUT2D eigenvalue weighted by Gasteiger charge is -2.08. The van der Waals surface area contributed by atoms with Gasteiger partial charge in [-0.05, 0) is 19.1 Å². The van der Waals surface area contributed by atoms with Gasteiger partial charge in [-0.15, -0.1) is 0 Å². The van der Waals surface area contributed by atoms with Gasteiger partial charge in [0.25, 0.3) is 0 Å². The Labute approximate surface area is 112 Å². The Hall–Kier alpha value is -2.17. The first-order valence-electron chi connectivity index (χ1n) is 6.34. The van der Waals surface area contributed by atoms with Gasteiger partial charge in [0.1, 0.15) is 11.6 Å². The summed E-state index contributed by atoms with van der Waals surface area (Å²) in [4.78, 5) is 12.8. The number of nitrogen functional groups attached to an aromatic ring is 1. The maximum Gasteiger partial charge on any atom is 0.223 e. The fourth-order valence-electron chi connectivity index (χ4n) is 1.69. The molecule has 100 valence electrons. The molecule has 0 fully saturated rings. The average Bonchev–Trinajstić information content (AvgIpc) is 2.38. The summed E-state index contributed by atoms with van der Waals surface area (Å²) in [5, 5.41) is 0. The van der Waals surface area contributed by atoms with E-state index in [4.69, 9.17) is 10.5 Å². The molecule has 0 unspecified atom stereocenters. The summed E-state index contributed by atoms with van der Waals surface area (Å²) in [5.74, 6) is 2.53. The van der Waals surface area contributed by atoms with E-state index in [9.17, 15) is 0 Å². The lowest BCUT2D eigenvalue weighted by molar-refractivity contribution is 0.340. The van der Waals surface area contributed by atoms with Crippen LogP contribution < -0.4 is 10.5 Å². The average molecular weight is 258 g/mol. The standard InChI is InChI=1S/C14H18N4O/c1-4-19-11-7-5-6-10(8-11)13-16-12(9(2)3)17-14(15)18-13/h5-9H,4H2,1-3H3,(H2,15,16,17,18). The molecule has 0 atom stereocenters. The van der Waals surface area contributed by atoms with E-state index in [2.05, 4.69) is 15.0 Å². The Balaban J connectivity index is 2.43. The minimum absolute atomic E-state index is 0.208. The van der Waals surface area contributed by atoms with E-state index >= 15 is 0 Å². The molecule has 0 aliphatic rings. The van der Waals surface area contributed by atoms with Crippen molar-refractivity contribution in [3.8, 4) is 17.1 Å². The first kappa shape index (κ1) is 13.3. The number of hydrogen-bond acceptors (Lipinski definition) is 5. The van der Waals surface area contributed by atoms with Crippen LogP contribution in [0.25, 0.3) is 11.4 Å². The van der Waals surface area contributed by atoms with Crippen LogP contribution in [0.5, 0.6) is 5.75 Å². The highest BCUT2D eigenvalue weighted by atomic mass is 16.5. The number of benzene rings is 1. The van der Waals surface area contributed by atoms with Gasteiger partial charge in [-0.1, -0.05) is 26.0 Å². The van der Waals surface area contributed by atoms with Crippen molar-refractivity contribution in [1.82, 2.24) is 15.0 Å².